The topological polar surface area (TPSA) is 39.1 Å². The Morgan fingerprint density at radius 1 is 1.15 bits per heavy atom. The van der Waals surface area contributed by atoms with Crippen LogP contribution in [-0.4, -0.2) is 36.6 Å². The fourth-order valence-corrected chi connectivity index (χ4v) is 2.48. The molecule has 0 aliphatic carbocycles. The van der Waals surface area contributed by atoms with Gasteiger partial charge in [-0.15, -0.1) is 0 Å². The SMILES string of the molecule is N#CC1(N2CCCC2)CCNCC1. The van der Waals surface area contributed by atoms with E-state index in [2.05, 4.69) is 16.3 Å². The molecule has 0 radical (unpaired) electrons. The highest BCUT2D eigenvalue weighted by molar-refractivity contribution is 5.11. The molecule has 0 unspecified atom stereocenters. The van der Waals surface area contributed by atoms with Gasteiger partial charge in [0.2, 0.25) is 0 Å². The number of likely N-dealkylation sites (tertiary alicyclic amines) is 1. The normalized spacial score (nSPS) is 28.5. The van der Waals surface area contributed by atoms with Gasteiger partial charge in [-0.3, -0.25) is 4.90 Å². The van der Waals surface area contributed by atoms with Crippen molar-refractivity contribution in [3.63, 3.8) is 0 Å². The molecule has 0 amide bonds. The first kappa shape index (κ1) is 8.98. The van der Waals surface area contributed by atoms with Crippen molar-refractivity contribution in [2.24, 2.45) is 0 Å². The lowest BCUT2D eigenvalue weighted by atomic mass is 9.88. The number of nitrogens with zero attached hydrogens (tertiary/aromatic N) is 2. The Balaban J connectivity index is 2.08. The van der Waals surface area contributed by atoms with Gasteiger partial charge < -0.3 is 5.32 Å². The summed E-state index contributed by atoms with van der Waals surface area (Å²) >= 11 is 0. The molecular formula is C10H17N3. The van der Waals surface area contributed by atoms with E-state index in [4.69, 9.17) is 0 Å². The fraction of sp³-hybridized carbons (Fsp3) is 0.900. The number of piperidine rings is 1. The molecule has 1 N–H and O–H groups in total. The van der Waals surface area contributed by atoms with E-state index in [9.17, 15) is 5.26 Å². The first-order valence-corrected chi connectivity index (χ1v) is 5.24. The standard InChI is InChI=1S/C10H17N3/c11-9-10(3-5-12-6-4-10)13-7-1-2-8-13/h12H,1-8H2. The van der Waals surface area contributed by atoms with Gasteiger partial charge in [0.05, 0.1) is 6.07 Å². The first-order chi connectivity index (χ1) is 6.37. The highest BCUT2D eigenvalue weighted by Gasteiger charge is 2.39. The van der Waals surface area contributed by atoms with E-state index in [0.29, 0.717) is 0 Å². The third-order valence-corrected chi connectivity index (χ3v) is 3.35. The average molecular weight is 179 g/mol. The molecule has 2 aliphatic heterocycles. The Labute approximate surface area is 79.7 Å². The van der Waals surface area contributed by atoms with E-state index in [0.717, 1.165) is 39.0 Å². The summed E-state index contributed by atoms with van der Waals surface area (Å²) in [5.74, 6) is 0. The van der Waals surface area contributed by atoms with Gasteiger partial charge in [0.1, 0.15) is 5.54 Å². The van der Waals surface area contributed by atoms with Gasteiger partial charge in [0, 0.05) is 0 Å². The molecule has 0 aromatic rings. The Hall–Kier alpha value is -0.590. The smallest absolute Gasteiger partial charge is 0.111 e. The van der Waals surface area contributed by atoms with E-state index in [1.54, 1.807) is 0 Å². The van der Waals surface area contributed by atoms with Crippen molar-refractivity contribution in [3.8, 4) is 6.07 Å². The van der Waals surface area contributed by atoms with Crippen LogP contribution >= 0.6 is 0 Å². The van der Waals surface area contributed by atoms with Crippen LogP contribution in [0.5, 0.6) is 0 Å². The molecule has 13 heavy (non-hydrogen) atoms. The molecule has 2 fully saturated rings. The molecule has 3 heteroatoms. The molecule has 0 atom stereocenters. The van der Waals surface area contributed by atoms with Crippen LogP contribution in [0.2, 0.25) is 0 Å². The lowest BCUT2D eigenvalue weighted by Crippen LogP contribution is -2.52. The number of rotatable bonds is 1. The minimum atomic E-state index is -0.123. The van der Waals surface area contributed by atoms with Crippen molar-refractivity contribution < 1.29 is 0 Å². The molecular weight excluding hydrogens is 162 g/mol. The highest BCUT2D eigenvalue weighted by Crippen LogP contribution is 2.28. The summed E-state index contributed by atoms with van der Waals surface area (Å²) in [6, 6.07) is 2.55. The minimum absolute atomic E-state index is 0.123. The van der Waals surface area contributed by atoms with Crippen molar-refractivity contribution in [1.82, 2.24) is 10.2 Å². The van der Waals surface area contributed by atoms with E-state index in [-0.39, 0.29) is 5.54 Å². The van der Waals surface area contributed by atoms with Crippen molar-refractivity contribution in [1.29, 1.82) is 5.26 Å². The third kappa shape index (κ3) is 1.56. The van der Waals surface area contributed by atoms with Crippen molar-refractivity contribution in [2.45, 2.75) is 31.2 Å². The van der Waals surface area contributed by atoms with Crippen LogP contribution in [0.4, 0.5) is 0 Å². The van der Waals surface area contributed by atoms with Gasteiger partial charge in [0.25, 0.3) is 0 Å². The Morgan fingerprint density at radius 3 is 2.31 bits per heavy atom. The van der Waals surface area contributed by atoms with Gasteiger partial charge >= 0.3 is 0 Å². The van der Waals surface area contributed by atoms with Crippen LogP contribution in [0.15, 0.2) is 0 Å². The molecule has 3 nitrogen and oxygen atoms in total. The summed E-state index contributed by atoms with van der Waals surface area (Å²) in [5, 5.41) is 12.6. The molecule has 0 saturated carbocycles. The molecule has 0 aromatic heterocycles. The van der Waals surface area contributed by atoms with Crippen LogP contribution < -0.4 is 5.32 Å². The minimum Gasteiger partial charge on any atom is -0.317 e. The van der Waals surface area contributed by atoms with Crippen LogP contribution in [0.25, 0.3) is 0 Å². The fourth-order valence-electron chi connectivity index (χ4n) is 2.48. The maximum absolute atomic E-state index is 9.28. The molecule has 2 heterocycles. The second kappa shape index (κ2) is 3.65. The third-order valence-electron chi connectivity index (χ3n) is 3.35. The van der Waals surface area contributed by atoms with Crippen LogP contribution in [0.3, 0.4) is 0 Å². The number of hydrogen-bond donors (Lipinski definition) is 1. The molecule has 72 valence electrons. The highest BCUT2D eigenvalue weighted by atomic mass is 15.2. The summed E-state index contributed by atoms with van der Waals surface area (Å²) in [4.78, 5) is 2.40. The maximum Gasteiger partial charge on any atom is 0.111 e. The molecule has 0 aromatic carbocycles. The largest absolute Gasteiger partial charge is 0.317 e. The second-order valence-corrected chi connectivity index (χ2v) is 4.09. The summed E-state index contributed by atoms with van der Waals surface area (Å²) in [6.07, 6.45) is 4.56. The van der Waals surface area contributed by atoms with Crippen molar-refractivity contribution >= 4 is 0 Å². The summed E-state index contributed by atoms with van der Waals surface area (Å²) in [7, 11) is 0. The van der Waals surface area contributed by atoms with Crippen LogP contribution in [-0.2, 0) is 0 Å². The monoisotopic (exact) mass is 179 g/mol. The van der Waals surface area contributed by atoms with E-state index in [1.165, 1.54) is 12.8 Å². The van der Waals surface area contributed by atoms with E-state index >= 15 is 0 Å². The average Bonchev–Trinajstić information content (AvgIpc) is 2.72. The summed E-state index contributed by atoms with van der Waals surface area (Å²) in [6.45, 7) is 4.27. The Kier molecular flexibility index (Phi) is 2.52. The molecule has 0 spiro atoms. The van der Waals surface area contributed by atoms with Crippen LogP contribution in [0, 0.1) is 11.3 Å². The van der Waals surface area contributed by atoms with Gasteiger partial charge in [0.15, 0.2) is 0 Å². The van der Waals surface area contributed by atoms with Crippen molar-refractivity contribution in [2.75, 3.05) is 26.2 Å². The molecule has 2 rings (SSSR count). The van der Waals surface area contributed by atoms with Gasteiger partial charge in [-0.1, -0.05) is 0 Å². The van der Waals surface area contributed by atoms with Crippen LogP contribution in [0.1, 0.15) is 25.7 Å². The predicted octanol–water partition coefficient (Wildman–Crippen LogP) is 0.728. The van der Waals surface area contributed by atoms with Gasteiger partial charge in [-0.2, -0.15) is 5.26 Å². The zero-order valence-electron chi connectivity index (χ0n) is 8.05. The van der Waals surface area contributed by atoms with Gasteiger partial charge in [-0.25, -0.2) is 0 Å². The quantitative estimate of drug-likeness (QED) is 0.645. The zero-order chi connectivity index (χ0) is 9.15. The van der Waals surface area contributed by atoms with Gasteiger partial charge in [-0.05, 0) is 51.9 Å². The summed E-state index contributed by atoms with van der Waals surface area (Å²) < 4.78 is 0. The molecule has 2 aliphatic rings. The maximum atomic E-state index is 9.28. The molecule has 0 bridgehead atoms. The van der Waals surface area contributed by atoms with E-state index < -0.39 is 0 Å². The lowest BCUT2D eigenvalue weighted by Gasteiger charge is -2.39. The zero-order valence-corrected chi connectivity index (χ0v) is 8.05. The second-order valence-electron chi connectivity index (χ2n) is 4.09. The van der Waals surface area contributed by atoms with Crippen molar-refractivity contribution in [3.05, 3.63) is 0 Å². The number of hydrogen-bond acceptors (Lipinski definition) is 3. The Morgan fingerprint density at radius 2 is 1.77 bits per heavy atom. The Bertz CT molecular complexity index is 207. The predicted molar refractivity (Wildman–Crippen MR) is 51.3 cm³/mol. The molecule has 2 saturated heterocycles. The number of nitriles is 1. The lowest BCUT2D eigenvalue weighted by molar-refractivity contribution is 0.133. The van der Waals surface area contributed by atoms with E-state index in [1.807, 2.05) is 0 Å². The summed E-state index contributed by atoms with van der Waals surface area (Å²) in [5.41, 5.74) is -0.123. The first-order valence-electron chi connectivity index (χ1n) is 5.24. The number of nitrogens with one attached hydrogen (secondary N) is 1.